The number of methoxy groups -OCH3 is 2. The van der Waals surface area contributed by atoms with Gasteiger partial charge in [-0.25, -0.2) is 5.43 Å². The molecule has 2 aromatic rings. The first-order chi connectivity index (χ1) is 12.2. The number of carbonyl (C=O) groups is 1. The van der Waals surface area contributed by atoms with E-state index in [1.807, 2.05) is 0 Å². The van der Waals surface area contributed by atoms with Crippen molar-refractivity contribution >= 4 is 12.1 Å². The summed E-state index contributed by atoms with van der Waals surface area (Å²) >= 11 is 0. The van der Waals surface area contributed by atoms with Gasteiger partial charge in [-0.15, -0.1) is 0 Å². The SMILES string of the molecule is C=CCOc1ccc(C(=O)N/N=C/c2ccc(OC)cc2OC)cc1. The van der Waals surface area contributed by atoms with Gasteiger partial charge in [0.15, 0.2) is 0 Å². The van der Waals surface area contributed by atoms with Crippen LogP contribution in [0.5, 0.6) is 17.2 Å². The molecule has 1 N–H and O–H groups in total. The standard InChI is InChI=1S/C19H20N2O4/c1-4-11-25-16-8-5-14(6-9-16)19(22)21-20-13-15-7-10-17(23-2)12-18(15)24-3/h4-10,12-13H,1,11H2,2-3H3,(H,21,22)/b20-13+. The van der Waals surface area contributed by atoms with E-state index in [4.69, 9.17) is 14.2 Å². The second kappa shape index (κ2) is 9.12. The molecule has 0 aromatic heterocycles. The van der Waals surface area contributed by atoms with E-state index < -0.39 is 0 Å². The zero-order valence-electron chi connectivity index (χ0n) is 14.2. The minimum absolute atomic E-state index is 0.320. The maximum absolute atomic E-state index is 12.1. The predicted molar refractivity (Wildman–Crippen MR) is 96.7 cm³/mol. The Balaban J connectivity index is 1.99. The topological polar surface area (TPSA) is 69.2 Å². The normalized spacial score (nSPS) is 10.3. The lowest BCUT2D eigenvalue weighted by Gasteiger charge is -2.07. The van der Waals surface area contributed by atoms with Crippen molar-refractivity contribution in [3.05, 3.63) is 66.2 Å². The van der Waals surface area contributed by atoms with E-state index >= 15 is 0 Å². The molecule has 1 amide bonds. The maximum Gasteiger partial charge on any atom is 0.271 e. The first-order valence-electron chi connectivity index (χ1n) is 7.57. The Kier molecular flexibility index (Phi) is 6.59. The van der Waals surface area contributed by atoms with Crippen molar-refractivity contribution < 1.29 is 19.0 Å². The predicted octanol–water partition coefficient (Wildman–Crippen LogP) is 3.03. The van der Waals surface area contributed by atoms with Crippen LogP contribution in [0.1, 0.15) is 15.9 Å². The van der Waals surface area contributed by atoms with Gasteiger partial charge in [0.1, 0.15) is 23.9 Å². The number of nitrogens with zero attached hydrogens (tertiary/aromatic N) is 1. The number of carbonyl (C=O) groups excluding carboxylic acids is 1. The van der Waals surface area contributed by atoms with Crippen LogP contribution in [0, 0.1) is 0 Å². The zero-order valence-corrected chi connectivity index (χ0v) is 14.2. The molecule has 6 heteroatoms. The van der Waals surface area contributed by atoms with Crippen molar-refractivity contribution in [2.45, 2.75) is 0 Å². The van der Waals surface area contributed by atoms with E-state index in [1.165, 1.54) is 6.21 Å². The molecule has 6 nitrogen and oxygen atoms in total. The van der Waals surface area contributed by atoms with E-state index in [0.717, 1.165) is 5.56 Å². The minimum atomic E-state index is -0.320. The molecule has 0 aliphatic rings. The largest absolute Gasteiger partial charge is 0.497 e. The average molecular weight is 340 g/mol. The lowest BCUT2D eigenvalue weighted by atomic mass is 10.2. The molecule has 0 atom stereocenters. The number of nitrogens with one attached hydrogen (secondary N) is 1. The number of hydrogen-bond acceptors (Lipinski definition) is 5. The molecule has 130 valence electrons. The molecule has 2 rings (SSSR count). The highest BCUT2D eigenvalue weighted by Gasteiger charge is 2.05. The van der Waals surface area contributed by atoms with Gasteiger partial charge in [0.25, 0.3) is 5.91 Å². The molecule has 0 fully saturated rings. The highest BCUT2D eigenvalue weighted by atomic mass is 16.5. The molecule has 0 radical (unpaired) electrons. The Morgan fingerprint density at radius 3 is 2.48 bits per heavy atom. The van der Waals surface area contributed by atoms with Crippen molar-refractivity contribution in [2.75, 3.05) is 20.8 Å². The molecule has 0 heterocycles. The van der Waals surface area contributed by atoms with Crippen molar-refractivity contribution in [2.24, 2.45) is 5.10 Å². The summed E-state index contributed by atoms with van der Waals surface area (Å²) in [7, 11) is 3.14. The van der Waals surface area contributed by atoms with Crippen LogP contribution in [0.2, 0.25) is 0 Å². The third kappa shape index (κ3) is 5.10. The van der Waals surface area contributed by atoms with Crippen LogP contribution in [-0.2, 0) is 0 Å². The van der Waals surface area contributed by atoms with Crippen molar-refractivity contribution in [3.8, 4) is 17.2 Å². The second-order valence-electron chi connectivity index (χ2n) is 4.93. The van der Waals surface area contributed by atoms with E-state index in [2.05, 4.69) is 17.1 Å². The summed E-state index contributed by atoms with van der Waals surface area (Å²) in [5, 5.41) is 3.96. The van der Waals surface area contributed by atoms with Gasteiger partial charge in [0.05, 0.1) is 20.4 Å². The quantitative estimate of drug-likeness (QED) is 0.456. The third-order valence-electron chi connectivity index (χ3n) is 3.29. The summed E-state index contributed by atoms with van der Waals surface area (Å²) < 4.78 is 15.8. The molecule has 0 bridgehead atoms. The van der Waals surface area contributed by atoms with Crippen molar-refractivity contribution in [1.82, 2.24) is 5.43 Å². The van der Waals surface area contributed by atoms with Gasteiger partial charge in [0, 0.05) is 17.2 Å². The molecule has 0 aliphatic heterocycles. The summed E-state index contributed by atoms with van der Waals surface area (Å²) in [5.41, 5.74) is 3.67. The van der Waals surface area contributed by atoms with E-state index in [0.29, 0.717) is 29.4 Å². The molecule has 0 saturated heterocycles. The molecule has 0 unspecified atom stereocenters. The van der Waals surface area contributed by atoms with Gasteiger partial charge in [-0.2, -0.15) is 5.10 Å². The van der Waals surface area contributed by atoms with E-state index in [9.17, 15) is 4.79 Å². The molecule has 25 heavy (non-hydrogen) atoms. The summed E-state index contributed by atoms with van der Waals surface area (Å²) in [5.74, 6) is 1.62. The third-order valence-corrected chi connectivity index (χ3v) is 3.29. The van der Waals surface area contributed by atoms with Gasteiger partial charge < -0.3 is 14.2 Å². The van der Waals surface area contributed by atoms with Crippen LogP contribution in [0.3, 0.4) is 0 Å². The van der Waals surface area contributed by atoms with Crippen LogP contribution in [0.4, 0.5) is 0 Å². The summed E-state index contributed by atoms with van der Waals surface area (Å²) in [6.07, 6.45) is 3.17. The number of benzene rings is 2. The number of rotatable bonds is 8. The lowest BCUT2D eigenvalue weighted by molar-refractivity contribution is 0.0955. The number of amides is 1. The molecular weight excluding hydrogens is 320 g/mol. The molecule has 0 saturated carbocycles. The van der Waals surface area contributed by atoms with Gasteiger partial charge in [-0.1, -0.05) is 12.7 Å². The lowest BCUT2D eigenvalue weighted by Crippen LogP contribution is -2.17. The van der Waals surface area contributed by atoms with E-state index in [-0.39, 0.29) is 5.91 Å². The first-order valence-corrected chi connectivity index (χ1v) is 7.57. The maximum atomic E-state index is 12.1. The fraction of sp³-hybridized carbons (Fsp3) is 0.158. The van der Waals surface area contributed by atoms with Crippen LogP contribution < -0.4 is 19.6 Å². The fourth-order valence-corrected chi connectivity index (χ4v) is 2.01. The Bertz CT molecular complexity index is 755. The minimum Gasteiger partial charge on any atom is -0.497 e. The Morgan fingerprint density at radius 1 is 1.12 bits per heavy atom. The monoisotopic (exact) mass is 340 g/mol. The molecule has 2 aromatic carbocycles. The first kappa shape index (κ1) is 18.1. The summed E-state index contributed by atoms with van der Waals surface area (Å²) in [6.45, 7) is 4.00. The Morgan fingerprint density at radius 2 is 1.84 bits per heavy atom. The number of hydrazone groups is 1. The second-order valence-corrected chi connectivity index (χ2v) is 4.93. The van der Waals surface area contributed by atoms with E-state index in [1.54, 1.807) is 62.8 Å². The number of ether oxygens (including phenoxy) is 3. The average Bonchev–Trinajstić information content (AvgIpc) is 2.66. The Hall–Kier alpha value is -3.28. The zero-order chi connectivity index (χ0) is 18.1. The fourth-order valence-electron chi connectivity index (χ4n) is 2.01. The molecular formula is C19H20N2O4. The number of hydrogen-bond donors (Lipinski definition) is 1. The van der Waals surface area contributed by atoms with Crippen molar-refractivity contribution in [1.29, 1.82) is 0 Å². The van der Waals surface area contributed by atoms with Crippen LogP contribution in [0.15, 0.2) is 60.2 Å². The molecule has 0 spiro atoms. The highest BCUT2D eigenvalue weighted by Crippen LogP contribution is 2.23. The molecule has 0 aliphatic carbocycles. The summed E-state index contributed by atoms with van der Waals surface area (Å²) in [4.78, 5) is 12.1. The van der Waals surface area contributed by atoms with Gasteiger partial charge in [-0.05, 0) is 36.4 Å². The van der Waals surface area contributed by atoms with Crippen LogP contribution in [-0.4, -0.2) is 32.9 Å². The smallest absolute Gasteiger partial charge is 0.271 e. The Labute approximate surface area is 146 Å². The van der Waals surface area contributed by atoms with Crippen LogP contribution in [0.25, 0.3) is 0 Å². The van der Waals surface area contributed by atoms with Gasteiger partial charge in [-0.3, -0.25) is 4.79 Å². The van der Waals surface area contributed by atoms with Crippen molar-refractivity contribution in [3.63, 3.8) is 0 Å². The highest BCUT2D eigenvalue weighted by molar-refractivity contribution is 5.95. The van der Waals surface area contributed by atoms with Gasteiger partial charge in [0.2, 0.25) is 0 Å². The summed E-state index contributed by atoms with van der Waals surface area (Å²) in [6, 6.07) is 12.1. The van der Waals surface area contributed by atoms with Crippen LogP contribution >= 0.6 is 0 Å². The van der Waals surface area contributed by atoms with Gasteiger partial charge >= 0.3 is 0 Å².